The Morgan fingerprint density at radius 3 is 2.00 bits per heavy atom. The fourth-order valence-corrected chi connectivity index (χ4v) is 3.35. The first-order valence-electron chi connectivity index (χ1n) is 10.5. The third-order valence-corrected chi connectivity index (χ3v) is 5.30. The first kappa shape index (κ1) is 23.2. The van der Waals surface area contributed by atoms with E-state index >= 15 is 0 Å². The van der Waals surface area contributed by atoms with Crippen LogP contribution in [0, 0.1) is 0 Å². The molecule has 174 valence electrons. The molecule has 0 aliphatic rings. The zero-order valence-corrected chi connectivity index (χ0v) is 18.8. The molecule has 0 bridgehead atoms. The van der Waals surface area contributed by atoms with E-state index in [0.717, 1.165) is 29.8 Å². The van der Waals surface area contributed by atoms with Crippen molar-refractivity contribution < 1.29 is 22.4 Å². The third kappa shape index (κ3) is 5.01. The van der Waals surface area contributed by atoms with Crippen LogP contribution in [0.1, 0.15) is 42.3 Å². The van der Waals surface area contributed by atoms with Gasteiger partial charge in [0.15, 0.2) is 0 Å². The van der Waals surface area contributed by atoms with Gasteiger partial charge in [0.2, 0.25) is 11.8 Å². The van der Waals surface area contributed by atoms with Crippen molar-refractivity contribution in [1.29, 1.82) is 0 Å². The summed E-state index contributed by atoms with van der Waals surface area (Å²) in [5.41, 5.74) is 2.11. The molecule has 0 saturated heterocycles. The maximum absolute atomic E-state index is 12.8. The van der Waals surface area contributed by atoms with Crippen molar-refractivity contribution in [2.75, 3.05) is 5.32 Å². The summed E-state index contributed by atoms with van der Waals surface area (Å²) >= 11 is 0. The Kier molecular flexibility index (Phi) is 6.00. The Morgan fingerprint density at radius 1 is 0.794 bits per heavy atom. The van der Waals surface area contributed by atoms with Gasteiger partial charge < -0.3 is 9.73 Å². The fourth-order valence-electron chi connectivity index (χ4n) is 3.35. The van der Waals surface area contributed by atoms with Crippen LogP contribution in [0.15, 0.2) is 77.2 Å². The standard InChI is InChI=1S/C26H22F3N3O2/c1-25(2,3)18-12-10-17(11-13-18)23-31-32-24(34-23)20-6-4-5-7-21(20)30-22(33)16-8-14-19(15-9-16)26(27,28)29/h4-15H,1-3H3,(H,30,33). The molecule has 0 spiro atoms. The molecule has 0 saturated carbocycles. The lowest BCUT2D eigenvalue weighted by Gasteiger charge is -2.18. The number of aromatic nitrogens is 2. The van der Waals surface area contributed by atoms with E-state index in [9.17, 15) is 18.0 Å². The van der Waals surface area contributed by atoms with Gasteiger partial charge in [-0.05, 0) is 59.5 Å². The highest BCUT2D eigenvalue weighted by Crippen LogP contribution is 2.32. The van der Waals surface area contributed by atoms with Crippen LogP contribution in [-0.2, 0) is 11.6 Å². The first-order chi connectivity index (χ1) is 16.0. The van der Waals surface area contributed by atoms with E-state index in [-0.39, 0.29) is 16.9 Å². The second-order valence-corrected chi connectivity index (χ2v) is 8.81. The van der Waals surface area contributed by atoms with Gasteiger partial charge in [-0.3, -0.25) is 4.79 Å². The molecule has 4 rings (SSSR count). The van der Waals surface area contributed by atoms with Crippen molar-refractivity contribution in [2.24, 2.45) is 0 Å². The molecule has 5 nitrogen and oxygen atoms in total. The number of nitrogens with zero attached hydrogens (tertiary/aromatic N) is 2. The molecule has 1 N–H and O–H groups in total. The topological polar surface area (TPSA) is 68.0 Å². The van der Waals surface area contributed by atoms with Crippen LogP contribution in [0.2, 0.25) is 0 Å². The zero-order chi connectivity index (χ0) is 24.5. The lowest BCUT2D eigenvalue weighted by atomic mass is 9.87. The van der Waals surface area contributed by atoms with Crippen molar-refractivity contribution in [3.05, 3.63) is 89.5 Å². The van der Waals surface area contributed by atoms with Gasteiger partial charge in [-0.25, -0.2) is 0 Å². The Morgan fingerprint density at radius 2 is 1.38 bits per heavy atom. The smallest absolute Gasteiger partial charge is 0.416 e. The van der Waals surface area contributed by atoms with Gasteiger partial charge in [-0.15, -0.1) is 10.2 Å². The number of halogens is 3. The number of alkyl halides is 3. The zero-order valence-electron chi connectivity index (χ0n) is 18.8. The van der Waals surface area contributed by atoms with Crippen LogP contribution in [0.5, 0.6) is 0 Å². The monoisotopic (exact) mass is 465 g/mol. The number of hydrogen-bond donors (Lipinski definition) is 1. The molecule has 1 aromatic heterocycles. The molecule has 0 aliphatic heterocycles. The summed E-state index contributed by atoms with van der Waals surface area (Å²) in [7, 11) is 0. The summed E-state index contributed by atoms with van der Waals surface area (Å²) < 4.78 is 44.2. The number of anilines is 1. The SMILES string of the molecule is CC(C)(C)c1ccc(-c2nnc(-c3ccccc3NC(=O)c3ccc(C(F)(F)F)cc3)o2)cc1. The van der Waals surface area contributed by atoms with Gasteiger partial charge in [0.25, 0.3) is 5.91 Å². The van der Waals surface area contributed by atoms with E-state index in [2.05, 4.69) is 36.3 Å². The van der Waals surface area contributed by atoms with Crippen LogP contribution >= 0.6 is 0 Å². The van der Waals surface area contributed by atoms with E-state index in [1.54, 1.807) is 24.3 Å². The maximum atomic E-state index is 12.8. The van der Waals surface area contributed by atoms with E-state index in [1.807, 2.05) is 24.3 Å². The molecule has 3 aromatic carbocycles. The molecule has 8 heteroatoms. The van der Waals surface area contributed by atoms with Crippen molar-refractivity contribution in [3.8, 4) is 22.9 Å². The minimum atomic E-state index is -4.47. The van der Waals surface area contributed by atoms with Gasteiger partial charge in [-0.1, -0.05) is 45.0 Å². The van der Waals surface area contributed by atoms with Gasteiger partial charge in [-0.2, -0.15) is 13.2 Å². The highest BCUT2D eigenvalue weighted by molar-refractivity contribution is 6.06. The van der Waals surface area contributed by atoms with E-state index < -0.39 is 17.6 Å². The second kappa shape index (κ2) is 8.78. The van der Waals surface area contributed by atoms with Gasteiger partial charge in [0, 0.05) is 11.1 Å². The Bertz CT molecular complexity index is 1300. The van der Waals surface area contributed by atoms with E-state index in [1.165, 1.54) is 5.56 Å². The van der Waals surface area contributed by atoms with E-state index in [4.69, 9.17) is 4.42 Å². The molecular formula is C26H22F3N3O2. The molecule has 1 heterocycles. The lowest BCUT2D eigenvalue weighted by Crippen LogP contribution is -2.13. The minimum absolute atomic E-state index is 0.0166. The Labute approximate surface area is 194 Å². The number of carbonyl (C=O) groups excluding carboxylic acids is 1. The lowest BCUT2D eigenvalue weighted by molar-refractivity contribution is -0.137. The molecular weight excluding hydrogens is 443 g/mol. The number of carbonyl (C=O) groups is 1. The van der Waals surface area contributed by atoms with E-state index in [0.29, 0.717) is 17.1 Å². The summed E-state index contributed by atoms with van der Waals surface area (Å²) in [6.45, 7) is 6.38. The molecule has 0 fully saturated rings. The number of rotatable bonds is 4. The predicted octanol–water partition coefficient (Wildman–Crippen LogP) is 6.97. The molecule has 0 aliphatic carbocycles. The van der Waals surface area contributed by atoms with Crippen LogP contribution in [-0.4, -0.2) is 16.1 Å². The number of hydrogen-bond acceptors (Lipinski definition) is 4. The van der Waals surface area contributed by atoms with Gasteiger partial charge in [0.1, 0.15) is 0 Å². The summed E-state index contributed by atoms with van der Waals surface area (Å²) in [4.78, 5) is 12.6. The van der Waals surface area contributed by atoms with Gasteiger partial charge in [0.05, 0.1) is 16.8 Å². The van der Waals surface area contributed by atoms with Crippen molar-refractivity contribution in [3.63, 3.8) is 0 Å². The molecule has 34 heavy (non-hydrogen) atoms. The molecule has 0 atom stereocenters. The Balaban J connectivity index is 1.56. The second-order valence-electron chi connectivity index (χ2n) is 8.81. The summed E-state index contributed by atoms with van der Waals surface area (Å²) in [6.07, 6.45) is -4.47. The van der Waals surface area contributed by atoms with Crippen LogP contribution in [0.25, 0.3) is 22.9 Å². The normalized spacial score (nSPS) is 11.9. The molecule has 0 unspecified atom stereocenters. The molecule has 4 aromatic rings. The maximum Gasteiger partial charge on any atom is 0.416 e. The third-order valence-electron chi connectivity index (χ3n) is 5.30. The van der Waals surface area contributed by atoms with Crippen LogP contribution < -0.4 is 5.32 Å². The van der Waals surface area contributed by atoms with Crippen LogP contribution in [0.3, 0.4) is 0 Å². The number of para-hydroxylation sites is 1. The van der Waals surface area contributed by atoms with Crippen molar-refractivity contribution in [2.45, 2.75) is 32.4 Å². The highest BCUT2D eigenvalue weighted by atomic mass is 19.4. The predicted molar refractivity (Wildman–Crippen MR) is 123 cm³/mol. The van der Waals surface area contributed by atoms with Crippen molar-refractivity contribution in [1.82, 2.24) is 10.2 Å². The average Bonchev–Trinajstić information content (AvgIpc) is 3.28. The Hall–Kier alpha value is -3.94. The molecule has 0 radical (unpaired) electrons. The number of amides is 1. The van der Waals surface area contributed by atoms with Crippen LogP contribution in [0.4, 0.5) is 18.9 Å². The van der Waals surface area contributed by atoms with Crippen molar-refractivity contribution >= 4 is 11.6 Å². The number of benzene rings is 3. The summed E-state index contributed by atoms with van der Waals surface area (Å²) in [6, 6.07) is 18.7. The quantitative estimate of drug-likeness (QED) is 0.353. The van der Waals surface area contributed by atoms with Gasteiger partial charge >= 0.3 is 6.18 Å². The minimum Gasteiger partial charge on any atom is -0.416 e. The average molecular weight is 465 g/mol. The largest absolute Gasteiger partial charge is 0.416 e. The molecule has 1 amide bonds. The fraction of sp³-hybridized carbons (Fsp3) is 0.192. The summed E-state index contributed by atoms with van der Waals surface area (Å²) in [5, 5.41) is 11.0. The summed E-state index contributed by atoms with van der Waals surface area (Å²) in [5.74, 6) is -0.0174. The number of nitrogens with one attached hydrogen (secondary N) is 1. The first-order valence-corrected chi connectivity index (χ1v) is 10.5. The highest BCUT2D eigenvalue weighted by Gasteiger charge is 2.30.